The molecule has 1 saturated heterocycles. The molecule has 0 aliphatic carbocycles. The Morgan fingerprint density at radius 1 is 1.38 bits per heavy atom. The van der Waals surface area contributed by atoms with E-state index < -0.39 is 0 Å². The van der Waals surface area contributed by atoms with Crippen molar-refractivity contribution in [3.8, 4) is 0 Å². The summed E-state index contributed by atoms with van der Waals surface area (Å²) in [6.45, 7) is 7.05. The Kier molecular flexibility index (Phi) is 3.72. The van der Waals surface area contributed by atoms with E-state index in [0.717, 1.165) is 41.5 Å². The van der Waals surface area contributed by atoms with Gasteiger partial charge in [-0.25, -0.2) is 0 Å². The van der Waals surface area contributed by atoms with E-state index in [9.17, 15) is 4.79 Å². The SMILES string of the molecule is Cc1c(C(=O)NC2CCNC(C)C2)oc2c(C)cccc12. The average Bonchev–Trinajstić information content (AvgIpc) is 2.78. The maximum atomic E-state index is 12.5. The molecule has 4 nitrogen and oxygen atoms in total. The molecule has 4 heteroatoms. The molecule has 1 aromatic carbocycles. The van der Waals surface area contributed by atoms with Crippen molar-refractivity contribution in [3.05, 3.63) is 35.1 Å². The molecule has 1 amide bonds. The van der Waals surface area contributed by atoms with E-state index >= 15 is 0 Å². The number of aryl methyl sites for hydroxylation is 2. The second kappa shape index (κ2) is 5.53. The van der Waals surface area contributed by atoms with Gasteiger partial charge in [-0.2, -0.15) is 0 Å². The molecule has 2 atom stereocenters. The minimum absolute atomic E-state index is 0.0952. The van der Waals surface area contributed by atoms with Gasteiger partial charge in [0.05, 0.1) is 0 Å². The molecule has 1 aromatic heterocycles. The highest BCUT2D eigenvalue weighted by atomic mass is 16.3. The van der Waals surface area contributed by atoms with Gasteiger partial charge >= 0.3 is 0 Å². The van der Waals surface area contributed by atoms with Crippen molar-refractivity contribution in [2.45, 2.75) is 45.7 Å². The van der Waals surface area contributed by atoms with Crippen molar-refractivity contribution >= 4 is 16.9 Å². The molecule has 112 valence electrons. The summed E-state index contributed by atoms with van der Waals surface area (Å²) >= 11 is 0. The van der Waals surface area contributed by atoms with E-state index in [0.29, 0.717) is 11.8 Å². The number of benzene rings is 1. The molecule has 1 fully saturated rings. The van der Waals surface area contributed by atoms with Crippen LogP contribution in [0.25, 0.3) is 11.0 Å². The summed E-state index contributed by atoms with van der Waals surface area (Å²) in [7, 11) is 0. The first-order valence-electron chi connectivity index (χ1n) is 7.59. The van der Waals surface area contributed by atoms with Crippen LogP contribution in [-0.4, -0.2) is 24.5 Å². The van der Waals surface area contributed by atoms with Gasteiger partial charge in [-0.05, 0) is 45.7 Å². The molecule has 0 bridgehead atoms. The molecule has 2 heterocycles. The Morgan fingerprint density at radius 3 is 2.90 bits per heavy atom. The fraction of sp³-hybridized carbons (Fsp3) is 0.471. The van der Waals surface area contributed by atoms with Crippen LogP contribution in [0.15, 0.2) is 22.6 Å². The van der Waals surface area contributed by atoms with Gasteiger partial charge in [0.25, 0.3) is 5.91 Å². The zero-order chi connectivity index (χ0) is 15.0. The van der Waals surface area contributed by atoms with E-state index in [2.05, 4.69) is 17.6 Å². The Labute approximate surface area is 124 Å². The quantitative estimate of drug-likeness (QED) is 0.892. The summed E-state index contributed by atoms with van der Waals surface area (Å²) in [6, 6.07) is 6.67. The van der Waals surface area contributed by atoms with Crippen molar-refractivity contribution in [2.75, 3.05) is 6.54 Å². The number of fused-ring (bicyclic) bond motifs is 1. The molecule has 1 aliphatic rings. The monoisotopic (exact) mass is 286 g/mol. The number of furan rings is 1. The van der Waals surface area contributed by atoms with Crippen molar-refractivity contribution in [3.63, 3.8) is 0 Å². The van der Waals surface area contributed by atoms with Crippen LogP contribution in [0.5, 0.6) is 0 Å². The Morgan fingerprint density at radius 2 is 2.19 bits per heavy atom. The molecule has 2 unspecified atom stereocenters. The summed E-state index contributed by atoms with van der Waals surface area (Å²) < 4.78 is 5.83. The maximum Gasteiger partial charge on any atom is 0.287 e. The minimum Gasteiger partial charge on any atom is -0.450 e. The number of hydrogen-bond donors (Lipinski definition) is 2. The molecule has 2 N–H and O–H groups in total. The first kappa shape index (κ1) is 14.1. The Balaban J connectivity index is 1.84. The van der Waals surface area contributed by atoms with Gasteiger partial charge in [-0.1, -0.05) is 18.2 Å². The average molecular weight is 286 g/mol. The molecule has 0 saturated carbocycles. The van der Waals surface area contributed by atoms with Crippen molar-refractivity contribution in [1.82, 2.24) is 10.6 Å². The van der Waals surface area contributed by atoms with Crippen LogP contribution >= 0.6 is 0 Å². The number of amides is 1. The first-order valence-corrected chi connectivity index (χ1v) is 7.59. The highest BCUT2D eigenvalue weighted by Crippen LogP contribution is 2.27. The zero-order valence-corrected chi connectivity index (χ0v) is 12.8. The van der Waals surface area contributed by atoms with Gasteiger partial charge in [-0.15, -0.1) is 0 Å². The van der Waals surface area contributed by atoms with Crippen LogP contribution in [0.1, 0.15) is 41.4 Å². The predicted molar refractivity (Wildman–Crippen MR) is 83.6 cm³/mol. The lowest BCUT2D eigenvalue weighted by atomic mass is 10.0. The normalized spacial score (nSPS) is 22.4. The summed E-state index contributed by atoms with van der Waals surface area (Å²) in [5.74, 6) is 0.354. The van der Waals surface area contributed by atoms with Gasteiger partial charge in [-0.3, -0.25) is 4.79 Å². The number of para-hydroxylation sites is 1. The largest absolute Gasteiger partial charge is 0.450 e. The number of piperidine rings is 1. The maximum absolute atomic E-state index is 12.5. The molecular weight excluding hydrogens is 264 g/mol. The zero-order valence-electron chi connectivity index (χ0n) is 12.8. The predicted octanol–water partition coefficient (Wildman–Crippen LogP) is 2.92. The number of carbonyl (C=O) groups excluding carboxylic acids is 1. The van der Waals surface area contributed by atoms with Gasteiger partial charge < -0.3 is 15.1 Å². The number of rotatable bonds is 2. The third kappa shape index (κ3) is 2.68. The molecule has 3 rings (SSSR count). The van der Waals surface area contributed by atoms with E-state index in [4.69, 9.17) is 4.42 Å². The van der Waals surface area contributed by atoms with Crippen molar-refractivity contribution in [2.24, 2.45) is 0 Å². The molecule has 0 spiro atoms. The fourth-order valence-electron chi connectivity index (χ4n) is 3.11. The first-order chi connectivity index (χ1) is 10.1. The van der Waals surface area contributed by atoms with Gasteiger partial charge in [0.2, 0.25) is 0 Å². The smallest absolute Gasteiger partial charge is 0.287 e. The Bertz CT molecular complexity index is 675. The van der Waals surface area contributed by atoms with Crippen LogP contribution in [0, 0.1) is 13.8 Å². The standard InChI is InChI=1S/C17H22N2O2/c1-10-5-4-6-14-12(3)16(21-15(10)14)17(20)19-13-7-8-18-11(2)9-13/h4-6,11,13,18H,7-9H2,1-3H3,(H,19,20). The third-order valence-corrected chi connectivity index (χ3v) is 4.33. The Hall–Kier alpha value is -1.81. The van der Waals surface area contributed by atoms with Crippen LogP contribution in [0.3, 0.4) is 0 Å². The fourth-order valence-corrected chi connectivity index (χ4v) is 3.11. The molecule has 2 aromatic rings. The number of nitrogens with one attached hydrogen (secondary N) is 2. The molecular formula is C17H22N2O2. The summed E-state index contributed by atoms with van der Waals surface area (Å²) in [5.41, 5.74) is 2.80. The van der Waals surface area contributed by atoms with E-state index in [1.54, 1.807) is 0 Å². The molecule has 1 aliphatic heterocycles. The van der Waals surface area contributed by atoms with Crippen LogP contribution in [0.4, 0.5) is 0 Å². The number of hydrogen-bond acceptors (Lipinski definition) is 3. The topological polar surface area (TPSA) is 54.3 Å². The lowest BCUT2D eigenvalue weighted by molar-refractivity contribution is 0.0899. The van der Waals surface area contributed by atoms with Gasteiger partial charge in [0.15, 0.2) is 5.76 Å². The summed E-state index contributed by atoms with van der Waals surface area (Å²) in [6.07, 6.45) is 1.93. The van der Waals surface area contributed by atoms with Gasteiger partial charge in [0, 0.05) is 23.0 Å². The summed E-state index contributed by atoms with van der Waals surface area (Å²) in [5, 5.41) is 7.53. The van der Waals surface area contributed by atoms with Gasteiger partial charge in [0.1, 0.15) is 5.58 Å². The second-order valence-corrected chi connectivity index (χ2v) is 6.06. The lowest BCUT2D eigenvalue weighted by Crippen LogP contribution is -2.46. The highest BCUT2D eigenvalue weighted by Gasteiger charge is 2.24. The summed E-state index contributed by atoms with van der Waals surface area (Å²) in [4.78, 5) is 12.5. The second-order valence-electron chi connectivity index (χ2n) is 6.06. The van der Waals surface area contributed by atoms with Crippen LogP contribution in [0.2, 0.25) is 0 Å². The van der Waals surface area contributed by atoms with E-state index in [1.807, 2.05) is 32.0 Å². The van der Waals surface area contributed by atoms with Crippen molar-refractivity contribution in [1.29, 1.82) is 0 Å². The third-order valence-electron chi connectivity index (χ3n) is 4.33. The highest BCUT2D eigenvalue weighted by molar-refractivity contribution is 5.99. The minimum atomic E-state index is -0.0952. The molecule has 21 heavy (non-hydrogen) atoms. The van der Waals surface area contributed by atoms with E-state index in [-0.39, 0.29) is 11.9 Å². The van der Waals surface area contributed by atoms with Crippen molar-refractivity contribution < 1.29 is 9.21 Å². The number of carbonyl (C=O) groups is 1. The van der Waals surface area contributed by atoms with Crippen LogP contribution < -0.4 is 10.6 Å². The van der Waals surface area contributed by atoms with Crippen LogP contribution in [-0.2, 0) is 0 Å². The molecule has 0 radical (unpaired) electrons. The van der Waals surface area contributed by atoms with E-state index in [1.165, 1.54) is 0 Å². The lowest BCUT2D eigenvalue weighted by Gasteiger charge is -2.28.